The van der Waals surface area contributed by atoms with Crippen molar-refractivity contribution in [1.82, 2.24) is 9.62 Å². The predicted molar refractivity (Wildman–Crippen MR) is 62.3 cm³/mol. The van der Waals surface area contributed by atoms with Crippen molar-refractivity contribution in [2.45, 2.75) is 25.0 Å². The number of rotatable bonds is 4. The van der Waals surface area contributed by atoms with E-state index in [1.54, 1.807) is 7.05 Å². The maximum absolute atomic E-state index is 12.1. The molecule has 0 spiro atoms. The van der Waals surface area contributed by atoms with Crippen LogP contribution in [0.4, 0.5) is 0 Å². The molecule has 15 heavy (non-hydrogen) atoms. The van der Waals surface area contributed by atoms with Crippen molar-refractivity contribution < 1.29 is 8.42 Å². The summed E-state index contributed by atoms with van der Waals surface area (Å²) in [6.07, 6.45) is 1.70. The van der Waals surface area contributed by atoms with Gasteiger partial charge >= 0.3 is 0 Å². The zero-order chi connectivity index (χ0) is 11.5. The van der Waals surface area contributed by atoms with Crippen LogP contribution in [0.15, 0.2) is 12.2 Å². The second-order valence-corrected chi connectivity index (χ2v) is 6.55. The van der Waals surface area contributed by atoms with Crippen molar-refractivity contribution in [2.75, 3.05) is 26.7 Å². The number of hydrogen-bond donors (Lipinski definition) is 1. The normalized spacial score (nSPS) is 23.0. The molecule has 4 nitrogen and oxygen atoms in total. The molecule has 1 fully saturated rings. The Bertz CT molecular complexity index is 318. The van der Waals surface area contributed by atoms with Gasteiger partial charge in [0.25, 0.3) is 0 Å². The molecular formula is C10H20N2O2S. The van der Waals surface area contributed by atoms with Crippen molar-refractivity contribution in [2.24, 2.45) is 0 Å². The fourth-order valence-electron chi connectivity index (χ4n) is 1.80. The molecular weight excluding hydrogens is 212 g/mol. The van der Waals surface area contributed by atoms with Crippen LogP contribution in [0.5, 0.6) is 0 Å². The molecule has 1 saturated heterocycles. The SMILES string of the molecule is C=C(C)CN(C)S(=O)(=O)C1CCCNC1. The maximum Gasteiger partial charge on any atom is 0.218 e. The van der Waals surface area contributed by atoms with Gasteiger partial charge in [0.05, 0.1) is 5.25 Å². The van der Waals surface area contributed by atoms with Gasteiger partial charge in [0.15, 0.2) is 0 Å². The van der Waals surface area contributed by atoms with Crippen molar-refractivity contribution in [3.63, 3.8) is 0 Å². The van der Waals surface area contributed by atoms with Crippen LogP contribution in [-0.2, 0) is 10.0 Å². The van der Waals surface area contributed by atoms with Gasteiger partial charge in [-0.1, -0.05) is 12.2 Å². The van der Waals surface area contributed by atoms with Crippen molar-refractivity contribution in [3.8, 4) is 0 Å². The maximum atomic E-state index is 12.1. The molecule has 5 heteroatoms. The third-order valence-corrected chi connectivity index (χ3v) is 4.84. The molecule has 0 aromatic heterocycles. The van der Waals surface area contributed by atoms with E-state index in [0.29, 0.717) is 13.1 Å². The minimum Gasteiger partial charge on any atom is -0.315 e. The molecule has 1 N–H and O–H groups in total. The molecule has 0 radical (unpaired) electrons. The van der Waals surface area contributed by atoms with E-state index in [9.17, 15) is 8.42 Å². The Labute approximate surface area is 92.4 Å². The Kier molecular flexibility index (Phi) is 4.31. The Morgan fingerprint density at radius 2 is 2.27 bits per heavy atom. The Balaban J connectivity index is 2.67. The lowest BCUT2D eigenvalue weighted by Crippen LogP contribution is -2.45. The summed E-state index contributed by atoms with van der Waals surface area (Å²) in [7, 11) is -1.52. The molecule has 0 saturated carbocycles. The second-order valence-electron chi connectivity index (χ2n) is 4.23. The van der Waals surface area contributed by atoms with Crippen LogP contribution in [-0.4, -0.2) is 44.7 Å². The lowest BCUT2D eigenvalue weighted by Gasteiger charge is -2.27. The van der Waals surface area contributed by atoms with E-state index in [4.69, 9.17) is 0 Å². The average molecular weight is 232 g/mol. The molecule has 0 aromatic carbocycles. The van der Waals surface area contributed by atoms with Gasteiger partial charge in [-0.3, -0.25) is 0 Å². The van der Waals surface area contributed by atoms with Crippen LogP contribution in [0.1, 0.15) is 19.8 Å². The highest BCUT2D eigenvalue weighted by Crippen LogP contribution is 2.15. The summed E-state index contributed by atoms with van der Waals surface area (Å²) in [5.41, 5.74) is 0.866. The zero-order valence-electron chi connectivity index (χ0n) is 9.49. The van der Waals surface area contributed by atoms with Gasteiger partial charge in [-0.2, -0.15) is 0 Å². The highest BCUT2D eigenvalue weighted by atomic mass is 32.2. The molecule has 1 heterocycles. The minimum absolute atomic E-state index is 0.268. The minimum atomic E-state index is -3.15. The molecule has 0 amide bonds. The van der Waals surface area contributed by atoms with Crippen molar-refractivity contribution >= 4 is 10.0 Å². The van der Waals surface area contributed by atoms with Gasteiger partial charge in [-0.15, -0.1) is 0 Å². The molecule has 0 aromatic rings. The van der Waals surface area contributed by atoms with Gasteiger partial charge in [0.1, 0.15) is 0 Å². The summed E-state index contributed by atoms with van der Waals surface area (Å²) in [4.78, 5) is 0. The Hall–Kier alpha value is -0.390. The Morgan fingerprint density at radius 3 is 2.73 bits per heavy atom. The quantitative estimate of drug-likeness (QED) is 0.721. The van der Waals surface area contributed by atoms with Crippen LogP contribution in [0.2, 0.25) is 0 Å². The fourth-order valence-corrected chi connectivity index (χ4v) is 3.50. The molecule has 1 atom stereocenters. The summed E-state index contributed by atoms with van der Waals surface area (Å²) >= 11 is 0. The number of likely N-dealkylation sites (N-methyl/N-ethyl adjacent to an activating group) is 1. The molecule has 0 bridgehead atoms. The number of piperidine rings is 1. The molecule has 1 aliphatic heterocycles. The van der Waals surface area contributed by atoms with Crippen molar-refractivity contribution in [3.05, 3.63) is 12.2 Å². The highest BCUT2D eigenvalue weighted by molar-refractivity contribution is 7.89. The predicted octanol–water partition coefficient (Wildman–Crippen LogP) is 0.576. The first kappa shape index (κ1) is 12.7. The fraction of sp³-hybridized carbons (Fsp3) is 0.800. The average Bonchev–Trinajstić information content (AvgIpc) is 2.18. The van der Waals surface area contributed by atoms with E-state index >= 15 is 0 Å². The summed E-state index contributed by atoms with van der Waals surface area (Å²) in [6, 6.07) is 0. The van der Waals surface area contributed by atoms with E-state index in [1.807, 2.05) is 6.92 Å². The summed E-state index contributed by atoms with van der Waals surface area (Å²) in [6.45, 7) is 7.49. The highest BCUT2D eigenvalue weighted by Gasteiger charge is 2.30. The standard InChI is InChI=1S/C10H20N2O2S/c1-9(2)8-12(3)15(13,14)10-5-4-6-11-7-10/h10-11H,1,4-8H2,2-3H3. The second kappa shape index (κ2) is 5.09. The number of hydrogen-bond acceptors (Lipinski definition) is 3. The van der Waals surface area contributed by atoms with Crippen LogP contribution in [0, 0.1) is 0 Å². The number of sulfonamides is 1. The van der Waals surface area contributed by atoms with Crippen LogP contribution >= 0.6 is 0 Å². The zero-order valence-corrected chi connectivity index (χ0v) is 10.3. The summed E-state index contributed by atoms with van der Waals surface area (Å²) in [5.74, 6) is 0. The van der Waals surface area contributed by atoms with E-state index in [1.165, 1.54) is 4.31 Å². The summed E-state index contributed by atoms with van der Waals surface area (Å²) < 4.78 is 25.5. The Morgan fingerprint density at radius 1 is 1.60 bits per heavy atom. The van der Waals surface area contributed by atoms with Crippen LogP contribution < -0.4 is 5.32 Å². The smallest absolute Gasteiger partial charge is 0.218 e. The van der Waals surface area contributed by atoms with E-state index in [0.717, 1.165) is 25.0 Å². The summed E-state index contributed by atoms with van der Waals surface area (Å²) in [5, 5.41) is 2.85. The van der Waals surface area contributed by atoms with E-state index in [-0.39, 0.29) is 5.25 Å². The topological polar surface area (TPSA) is 49.4 Å². The largest absolute Gasteiger partial charge is 0.315 e. The monoisotopic (exact) mass is 232 g/mol. The van der Waals surface area contributed by atoms with E-state index in [2.05, 4.69) is 11.9 Å². The molecule has 0 aliphatic carbocycles. The van der Waals surface area contributed by atoms with Crippen LogP contribution in [0.3, 0.4) is 0 Å². The molecule has 1 aliphatic rings. The van der Waals surface area contributed by atoms with Crippen LogP contribution in [0.25, 0.3) is 0 Å². The first-order valence-electron chi connectivity index (χ1n) is 5.25. The number of nitrogens with one attached hydrogen (secondary N) is 1. The number of nitrogens with zero attached hydrogens (tertiary/aromatic N) is 1. The lowest BCUT2D eigenvalue weighted by atomic mass is 10.2. The first-order valence-corrected chi connectivity index (χ1v) is 6.75. The third kappa shape index (κ3) is 3.29. The third-order valence-electron chi connectivity index (χ3n) is 2.60. The van der Waals surface area contributed by atoms with Gasteiger partial charge in [-0.05, 0) is 26.3 Å². The molecule has 88 valence electrons. The van der Waals surface area contributed by atoms with Crippen molar-refractivity contribution in [1.29, 1.82) is 0 Å². The lowest BCUT2D eigenvalue weighted by molar-refractivity contribution is 0.445. The van der Waals surface area contributed by atoms with Gasteiger partial charge in [-0.25, -0.2) is 12.7 Å². The van der Waals surface area contributed by atoms with E-state index < -0.39 is 10.0 Å². The first-order chi connectivity index (χ1) is 6.94. The van der Waals surface area contributed by atoms with Gasteiger partial charge < -0.3 is 5.32 Å². The molecule has 1 unspecified atom stereocenters. The molecule has 1 rings (SSSR count). The van der Waals surface area contributed by atoms with Gasteiger partial charge in [0, 0.05) is 20.1 Å². The van der Waals surface area contributed by atoms with Gasteiger partial charge in [0.2, 0.25) is 10.0 Å².